The summed E-state index contributed by atoms with van der Waals surface area (Å²) in [5, 5.41) is 14.2. The SMILES string of the molecule is Cc1ccc(N2CCC(C(=O)NCCc3cccs3)CC2)nc1C#N. The molecule has 6 heteroatoms. The summed E-state index contributed by atoms with van der Waals surface area (Å²) in [7, 11) is 0. The maximum atomic E-state index is 12.3. The van der Waals surface area contributed by atoms with Crippen LogP contribution in [-0.2, 0) is 11.2 Å². The van der Waals surface area contributed by atoms with Gasteiger partial charge in [-0.1, -0.05) is 12.1 Å². The summed E-state index contributed by atoms with van der Waals surface area (Å²) in [6.45, 7) is 4.18. The molecule has 1 N–H and O–H groups in total. The van der Waals surface area contributed by atoms with Gasteiger partial charge in [0.1, 0.15) is 17.6 Å². The molecule has 3 rings (SSSR count). The van der Waals surface area contributed by atoms with Gasteiger partial charge in [-0.2, -0.15) is 5.26 Å². The lowest BCUT2D eigenvalue weighted by molar-refractivity contribution is -0.125. The fraction of sp³-hybridized carbons (Fsp3) is 0.421. The number of anilines is 1. The molecule has 1 amide bonds. The van der Waals surface area contributed by atoms with E-state index in [9.17, 15) is 4.79 Å². The van der Waals surface area contributed by atoms with Gasteiger partial charge in [0, 0.05) is 30.4 Å². The molecule has 2 aromatic rings. The first-order valence-electron chi connectivity index (χ1n) is 8.60. The Kier molecular flexibility index (Phi) is 5.67. The monoisotopic (exact) mass is 354 g/mol. The average molecular weight is 354 g/mol. The number of aryl methyl sites for hydroxylation is 1. The molecule has 2 aromatic heterocycles. The fourth-order valence-corrected chi connectivity index (χ4v) is 3.80. The molecule has 0 spiro atoms. The van der Waals surface area contributed by atoms with Gasteiger partial charge in [-0.3, -0.25) is 4.79 Å². The van der Waals surface area contributed by atoms with Crippen molar-refractivity contribution in [2.45, 2.75) is 26.2 Å². The first-order valence-corrected chi connectivity index (χ1v) is 9.48. The molecule has 1 saturated heterocycles. The van der Waals surface area contributed by atoms with E-state index in [0.29, 0.717) is 12.2 Å². The van der Waals surface area contributed by atoms with Crippen LogP contribution in [0.5, 0.6) is 0 Å². The van der Waals surface area contributed by atoms with Crippen molar-refractivity contribution in [2.75, 3.05) is 24.5 Å². The van der Waals surface area contributed by atoms with Crippen molar-refractivity contribution in [1.82, 2.24) is 10.3 Å². The third-order valence-electron chi connectivity index (χ3n) is 4.63. The smallest absolute Gasteiger partial charge is 0.223 e. The number of nitrogens with zero attached hydrogens (tertiary/aromatic N) is 3. The predicted molar refractivity (Wildman–Crippen MR) is 99.7 cm³/mol. The van der Waals surface area contributed by atoms with Crippen molar-refractivity contribution >= 4 is 23.1 Å². The van der Waals surface area contributed by atoms with Crippen LogP contribution in [0.25, 0.3) is 0 Å². The Balaban J connectivity index is 1.48. The second-order valence-corrected chi connectivity index (χ2v) is 7.36. The van der Waals surface area contributed by atoms with Crippen molar-refractivity contribution in [2.24, 2.45) is 5.92 Å². The van der Waals surface area contributed by atoms with Crippen LogP contribution in [0.4, 0.5) is 5.82 Å². The summed E-state index contributed by atoms with van der Waals surface area (Å²) in [6, 6.07) is 10.2. The Morgan fingerprint density at radius 1 is 1.40 bits per heavy atom. The topological polar surface area (TPSA) is 69.0 Å². The van der Waals surface area contributed by atoms with Gasteiger partial charge in [0.05, 0.1) is 0 Å². The number of nitriles is 1. The molecule has 1 fully saturated rings. The van der Waals surface area contributed by atoms with Gasteiger partial charge in [0.25, 0.3) is 0 Å². The number of carbonyl (C=O) groups is 1. The van der Waals surface area contributed by atoms with Crippen LogP contribution in [0.2, 0.25) is 0 Å². The minimum Gasteiger partial charge on any atom is -0.357 e. The van der Waals surface area contributed by atoms with E-state index in [1.807, 2.05) is 25.1 Å². The highest BCUT2D eigenvalue weighted by atomic mass is 32.1. The van der Waals surface area contributed by atoms with Crippen LogP contribution in [0.1, 0.15) is 29.0 Å². The second kappa shape index (κ2) is 8.13. The number of pyridine rings is 1. The number of thiophene rings is 1. The molecule has 0 atom stereocenters. The van der Waals surface area contributed by atoms with Crippen LogP contribution in [0, 0.1) is 24.2 Å². The van der Waals surface area contributed by atoms with Crippen molar-refractivity contribution in [3.05, 3.63) is 45.8 Å². The zero-order valence-corrected chi connectivity index (χ0v) is 15.2. The molecule has 1 aliphatic heterocycles. The van der Waals surface area contributed by atoms with Gasteiger partial charge in [-0.25, -0.2) is 4.98 Å². The standard InChI is InChI=1S/C19H22N4OS/c1-14-4-5-18(22-17(14)13-20)23-10-7-15(8-11-23)19(24)21-9-6-16-3-2-12-25-16/h2-5,12,15H,6-11H2,1H3,(H,21,24). The molecular weight excluding hydrogens is 332 g/mol. The second-order valence-electron chi connectivity index (χ2n) is 6.33. The van der Waals surface area contributed by atoms with E-state index in [0.717, 1.165) is 43.7 Å². The van der Waals surface area contributed by atoms with E-state index in [1.54, 1.807) is 11.3 Å². The number of rotatable bonds is 5. The molecule has 25 heavy (non-hydrogen) atoms. The number of piperidine rings is 1. The summed E-state index contributed by atoms with van der Waals surface area (Å²) >= 11 is 1.72. The molecule has 0 aromatic carbocycles. The van der Waals surface area contributed by atoms with Gasteiger partial charge in [-0.15, -0.1) is 11.3 Å². The third-order valence-corrected chi connectivity index (χ3v) is 5.56. The molecule has 0 bridgehead atoms. The first kappa shape index (κ1) is 17.4. The minimum atomic E-state index is 0.0699. The predicted octanol–water partition coefficient (Wildman–Crippen LogP) is 2.90. The molecule has 0 saturated carbocycles. The molecule has 3 heterocycles. The van der Waals surface area contributed by atoms with E-state index in [4.69, 9.17) is 5.26 Å². The van der Waals surface area contributed by atoms with Crippen LogP contribution in [0.15, 0.2) is 29.6 Å². The number of carbonyl (C=O) groups excluding carboxylic acids is 1. The largest absolute Gasteiger partial charge is 0.357 e. The van der Waals surface area contributed by atoms with Gasteiger partial charge >= 0.3 is 0 Å². The Morgan fingerprint density at radius 2 is 2.20 bits per heavy atom. The zero-order valence-electron chi connectivity index (χ0n) is 14.4. The highest BCUT2D eigenvalue weighted by molar-refractivity contribution is 7.09. The highest BCUT2D eigenvalue weighted by Crippen LogP contribution is 2.23. The van der Waals surface area contributed by atoms with E-state index in [-0.39, 0.29) is 11.8 Å². The number of nitrogens with one attached hydrogen (secondary N) is 1. The lowest BCUT2D eigenvalue weighted by Crippen LogP contribution is -2.41. The summed E-state index contributed by atoms with van der Waals surface area (Å²) in [4.78, 5) is 20.2. The summed E-state index contributed by atoms with van der Waals surface area (Å²) < 4.78 is 0. The zero-order chi connectivity index (χ0) is 17.6. The number of aromatic nitrogens is 1. The fourth-order valence-electron chi connectivity index (χ4n) is 3.09. The number of hydrogen-bond acceptors (Lipinski definition) is 5. The van der Waals surface area contributed by atoms with Gasteiger partial charge < -0.3 is 10.2 Å². The Bertz CT molecular complexity index is 758. The maximum Gasteiger partial charge on any atom is 0.223 e. The lowest BCUT2D eigenvalue weighted by atomic mass is 9.96. The molecular formula is C19H22N4OS. The highest BCUT2D eigenvalue weighted by Gasteiger charge is 2.25. The molecule has 0 aliphatic carbocycles. The van der Waals surface area contributed by atoms with Gasteiger partial charge in [0.2, 0.25) is 5.91 Å². The van der Waals surface area contributed by atoms with Crippen LogP contribution in [-0.4, -0.2) is 30.5 Å². The van der Waals surface area contributed by atoms with Crippen molar-refractivity contribution in [3.63, 3.8) is 0 Å². The van der Waals surface area contributed by atoms with Crippen LogP contribution in [0.3, 0.4) is 0 Å². The van der Waals surface area contributed by atoms with E-state index >= 15 is 0 Å². The third kappa shape index (κ3) is 4.37. The van der Waals surface area contributed by atoms with Gasteiger partial charge in [0.15, 0.2) is 0 Å². The summed E-state index contributed by atoms with van der Waals surface area (Å²) in [5.41, 5.74) is 1.37. The molecule has 1 aliphatic rings. The summed E-state index contributed by atoms with van der Waals surface area (Å²) in [5.74, 6) is 1.06. The van der Waals surface area contributed by atoms with Crippen molar-refractivity contribution < 1.29 is 4.79 Å². The van der Waals surface area contributed by atoms with Gasteiger partial charge in [-0.05, 0) is 49.3 Å². The molecule has 5 nitrogen and oxygen atoms in total. The Morgan fingerprint density at radius 3 is 2.88 bits per heavy atom. The maximum absolute atomic E-state index is 12.3. The Labute approximate surface area is 152 Å². The van der Waals surface area contributed by atoms with Crippen molar-refractivity contribution in [1.29, 1.82) is 5.26 Å². The van der Waals surface area contributed by atoms with Crippen molar-refractivity contribution in [3.8, 4) is 6.07 Å². The minimum absolute atomic E-state index is 0.0699. The van der Waals surface area contributed by atoms with E-state index in [2.05, 4.69) is 32.7 Å². The van der Waals surface area contributed by atoms with Crippen LogP contribution < -0.4 is 10.2 Å². The Hall–Kier alpha value is -2.39. The lowest BCUT2D eigenvalue weighted by Gasteiger charge is -2.32. The average Bonchev–Trinajstić information content (AvgIpc) is 3.15. The van der Waals surface area contributed by atoms with E-state index in [1.165, 1.54) is 4.88 Å². The quantitative estimate of drug-likeness (QED) is 0.896. The van der Waals surface area contributed by atoms with E-state index < -0.39 is 0 Å². The normalized spacial score (nSPS) is 15.0. The number of amides is 1. The summed E-state index contributed by atoms with van der Waals surface area (Å²) in [6.07, 6.45) is 2.54. The molecule has 0 radical (unpaired) electrons. The van der Waals surface area contributed by atoms with Crippen LogP contribution >= 0.6 is 11.3 Å². The number of hydrogen-bond donors (Lipinski definition) is 1. The first-order chi connectivity index (χ1) is 12.2. The molecule has 130 valence electrons. The molecule has 0 unspecified atom stereocenters.